The van der Waals surface area contributed by atoms with E-state index >= 15 is 0 Å². The molecule has 5 unspecified atom stereocenters. The highest BCUT2D eigenvalue weighted by Crippen LogP contribution is 2.38. The van der Waals surface area contributed by atoms with Crippen LogP contribution in [-0.4, -0.2) is 66.8 Å². The molecule has 0 radical (unpaired) electrons. The highest BCUT2D eigenvalue weighted by atomic mass is 32.2. The zero-order chi connectivity index (χ0) is 39.0. The van der Waals surface area contributed by atoms with E-state index in [4.69, 9.17) is 9.47 Å². The molecule has 0 bridgehead atoms. The zero-order valence-electron chi connectivity index (χ0n) is 30.8. The largest absolute Gasteiger partial charge is 0.508 e. The van der Waals surface area contributed by atoms with Crippen LogP contribution in [0.15, 0.2) is 132 Å². The van der Waals surface area contributed by atoms with Gasteiger partial charge in [-0.25, -0.2) is 8.42 Å². The van der Waals surface area contributed by atoms with Gasteiger partial charge in [-0.15, -0.1) is 0 Å². The summed E-state index contributed by atoms with van der Waals surface area (Å²) in [5.74, 6) is -0.426. The van der Waals surface area contributed by atoms with Crippen LogP contribution in [0.5, 0.6) is 5.75 Å². The molecular formula is C43H47N3O8S. The van der Waals surface area contributed by atoms with Crippen molar-refractivity contribution in [3.05, 3.63) is 161 Å². The topological polar surface area (TPSA) is 158 Å². The predicted octanol–water partition coefficient (Wildman–Crippen LogP) is 5.93. The fraction of sp³-hybridized carbons (Fsp3) is 0.279. The summed E-state index contributed by atoms with van der Waals surface area (Å²) in [5.41, 5.74) is 5.22. The number of aromatic hydroxyl groups is 1. The van der Waals surface area contributed by atoms with E-state index in [1.54, 1.807) is 60.7 Å². The summed E-state index contributed by atoms with van der Waals surface area (Å²) in [7, 11) is -2.11. The Kier molecular flexibility index (Phi) is 13.1. The first-order chi connectivity index (χ1) is 26.4. The molecule has 12 heteroatoms. The molecule has 1 aliphatic rings. The Morgan fingerprint density at radius 1 is 0.855 bits per heavy atom. The van der Waals surface area contributed by atoms with Crippen molar-refractivity contribution in [2.75, 3.05) is 25.5 Å². The third kappa shape index (κ3) is 10.9. The molecule has 1 saturated heterocycles. The van der Waals surface area contributed by atoms with Gasteiger partial charge in [0.2, 0.25) is 15.9 Å². The summed E-state index contributed by atoms with van der Waals surface area (Å²) in [4.78, 5) is 15.8. The Morgan fingerprint density at radius 2 is 1.55 bits per heavy atom. The van der Waals surface area contributed by atoms with Crippen LogP contribution in [0.1, 0.15) is 58.3 Å². The van der Waals surface area contributed by atoms with E-state index in [0.717, 1.165) is 22.3 Å². The van der Waals surface area contributed by atoms with Crippen molar-refractivity contribution >= 4 is 21.6 Å². The Hall–Kier alpha value is -4.92. The summed E-state index contributed by atoms with van der Waals surface area (Å²) >= 11 is 0. The first kappa shape index (κ1) is 39.8. The number of nitrogens with zero attached hydrogens (tertiary/aromatic N) is 1. The molecule has 288 valence electrons. The molecule has 5 N–H and O–H groups in total. The minimum Gasteiger partial charge on any atom is -0.508 e. The number of sulfonamides is 1. The second kappa shape index (κ2) is 18.1. The van der Waals surface area contributed by atoms with Crippen LogP contribution in [0.3, 0.4) is 0 Å². The van der Waals surface area contributed by atoms with E-state index in [9.17, 15) is 28.5 Å². The van der Waals surface area contributed by atoms with Crippen LogP contribution in [-0.2, 0) is 37.3 Å². The van der Waals surface area contributed by atoms with Crippen molar-refractivity contribution in [1.82, 2.24) is 9.62 Å². The Morgan fingerprint density at radius 3 is 2.22 bits per heavy atom. The van der Waals surface area contributed by atoms with Crippen molar-refractivity contribution in [3.8, 4) is 5.75 Å². The Bertz CT molecular complexity index is 2110. The lowest BCUT2D eigenvalue weighted by molar-refractivity contribution is -0.252. The number of carbonyl (C=O) groups is 1. The summed E-state index contributed by atoms with van der Waals surface area (Å²) in [5, 5.41) is 33.2. The minimum absolute atomic E-state index is 0.0685. The second-order valence-electron chi connectivity index (χ2n) is 14.0. The maximum Gasteiger partial charge on any atom is 0.242 e. The predicted molar refractivity (Wildman–Crippen MR) is 209 cm³/mol. The number of benzene rings is 5. The van der Waals surface area contributed by atoms with Gasteiger partial charge < -0.3 is 35.0 Å². The number of amides is 1. The summed E-state index contributed by atoms with van der Waals surface area (Å²) in [6.07, 6.45) is -1.52. The molecule has 5 aromatic carbocycles. The van der Waals surface area contributed by atoms with Crippen molar-refractivity contribution in [1.29, 1.82) is 0 Å². The second-order valence-corrected chi connectivity index (χ2v) is 15.7. The number of phenols is 1. The minimum atomic E-state index is -4.01. The number of rotatable bonds is 15. The van der Waals surface area contributed by atoms with Crippen molar-refractivity contribution < 1.29 is 38.0 Å². The lowest BCUT2D eigenvalue weighted by Gasteiger charge is -2.38. The fourth-order valence-electron chi connectivity index (χ4n) is 6.55. The molecule has 5 atom stereocenters. The summed E-state index contributed by atoms with van der Waals surface area (Å²) < 4.78 is 42.3. The average molecular weight is 766 g/mol. The van der Waals surface area contributed by atoms with Crippen LogP contribution in [0.4, 0.5) is 5.69 Å². The van der Waals surface area contributed by atoms with Gasteiger partial charge in [-0.3, -0.25) is 4.79 Å². The number of aliphatic hydroxyl groups is 2. The number of nitrogens with one attached hydrogen (secondary N) is 2. The number of carbonyl (C=O) groups excluding carboxylic acids is 1. The maximum atomic E-state index is 13.7. The molecule has 6 rings (SSSR count). The normalized spacial score (nSPS) is 18.5. The van der Waals surface area contributed by atoms with E-state index in [1.165, 1.54) is 12.1 Å². The van der Waals surface area contributed by atoms with Gasteiger partial charge >= 0.3 is 0 Å². The van der Waals surface area contributed by atoms with Gasteiger partial charge in [-0.2, -0.15) is 4.72 Å². The average Bonchev–Trinajstić information content (AvgIpc) is 3.18. The molecule has 5 aromatic rings. The van der Waals surface area contributed by atoms with Gasteiger partial charge in [0.25, 0.3) is 0 Å². The Labute approximate surface area is 322 Å². The summed E-state index contributed by atoms with van der Waals surface area (Å²) in [6.45, 7) is 2.59. The molecule has 0 spiro atoms. The number of phenolic OH excluding ortho intramolecular Hbond substituents is 1. The molecule has 1 aliphatic heterocycles. The van der Waals surface area contributed by atoms with E-state index in [-0.39, 0.29) is 35.9 Å². The third-order valence-electron chi connectivity index (χ3n) is 9.55. The number of ether oxygens (including phenoxy) is 2. The highest BCUT2D eigenvalue weighted by Gasteiger charge is 2.33. The lowest BCUT2D eigenvalue weighted by atomic mass is 9.99. The first-order valence-corrected chi connectivity index (χ1v) is 19.6. The molecular weight excluding hydrogens is 719 g/mol. The number of hydrogen-bond donors (Lipinski definition) is 5. The standard InChI is InChI=1S/C43H47N3O8S/c1-29-11-21-38(22-12-29)55(51,52)45-39(23-30-7-4-3-5-8-30)42(50)44-35-19-17-33(18-20-35)43-53-37(25-41(54-43)32-15-13-31(28-47)14-16-32)26-46(2)27-40(49)34-9-6-10-36(48)24-34/h3-22,24,37,39-41,43,45,47-49H,23,25-28H2,1-2H3,(H,44,50). The van der Waals surface area contributed by atoms with Crippen LogP contribution < -0.4 is 10.0 Å². The van der Waals surface area contributed by atoms with E-state index in [0.29, 0.717) is 36.3 Å². The van der Waals surface area contributed by atoms with Crippen molar-refractivity contribution in [2.24, 2.45) is 0 Å². The molecule has 11 nitrogen and oxygen atoms in total. The van der Waals surface area contributed by atoms with Crippen LogP contribution in [0, 0.1) is 6.92 Å². The Balaban J connectivity index is 1.17. The van der Waals surface area contributed by atoms with Gasteiger partial charge in [0, 0.05) is 30.8 Å². The van der Waals surface area contributed by atoms with Gasteiger partial charge in [0.15, 0.2) is 6.29 Å². The molecule has 1 heterocycles. The highest BCUT2D eigenvalue weighted by molar-refractivity contribution is 7.89. The molecule has 0 saturated carbocycles. The summed E-state index contributed by atoms with van der Waals surface area (Å²) in [6, 6.07) is 35.8. The third-order valence-corrected chi connectivity index (χ3v) is 11.0. The number of likely N-dealkylation sites (N-methyl/N-ethyl adjacent to an activating group) is 1. The van der Waals surface area contributed by atoms with Gasteiger partial charge in [-0.05, 0) is 79.0 Å². The number of hydrogen-bond acceptors (Lipinski definition) is 9. The monoisotopic (exact) mass is 765 g/mol. The van der Waals surface area contributed by atoms with Crippen LogP contribution in [0.25, 0.3) is 0 Å². The number of anilines is 1. The molecule has 0 aromatic heterocycles. The van der Waals surface area contributed by atoms with E-state index < -0.39 is 34.4 Å². The van der Waals surface area contributed by atoms with Crippen LogP contribution >= 0.6 is 0 Å². The van der Waals surface area contributed by atoms with Gasteiger partial charge in [0.05, 0.1) is 29.8 Å². The SMILES string of the molecule is Cc1ccc(S(=O)(=O)NC(Cc2ccccc2)C(=O)Nc2ccc(C3OC(CN(C)CC(O)c4cccc(O)c4)CC(c4ccc(CO)cc4)O3)cc2)cc1. The van der Waals surface area contributed by atoms with Crippen molar-refractivity contribution in [3.63, 3.8) is 0 Å². The molecule has 1 fully saturated rings. The zero-order valence-corrected chi connectivity index (χ0v) is 31.6. The quantitative estimate of drug-likeness (QED) is 0.0872. The smallest absolute Gasteiger partial charge is 0.242 e. The first-order valence-electron chi connectivity index (χ1n) is 18.2. The molecule has 1 amide bonds. The van der Waals surface area contributed by atoms with E-state index in [1.807, 2.05) is 73.5 Å². The number of aryl methyl sites for hydroxylation is 1. The number of aliphatic hydroxyl groups excluding tert-OH is 2. The van der Waals surface area contributed by atoms with E-state index in [2.05, 4.69) is 10.0 Å². The van der Waals surface area contributed by atoms with Crippen LogP contribution in [0.2, 0.25) is 0 Å². The molecule has 55 heavy (non-hydrogen) atoms. The molecule has 0 aliphatic carbocycles. The maximum absolute atomic E-state index is 13.7. The van der Waals surface area contributed by atoms with Crippen molar-refractivity contribution in [2.45, 2.75) is 61.9 Å². The fourth-order valence-corrected chi connectivity index (χ4v) is 7.75. The van der Waals surface area contributed by atoms with Gasteiger partial charge in [0.1, 0.15) is 11.8 Å². The van der Waals surface area contributed by atoms with Gasteiger partial charge in [-0.1, -0.05) is 96.6 Å². The lowest BCUT2D eigenvalue weighted by Crippen LogP contribution is -2.45.